The van der Waals surface area contributed by atoms with Crippen molar-refractivity contribution in [2.24, 2.45) is 0 Å². The van der Waals surface area contributed by atoms with Crippen molar-refractivity contribution in [2.75, 3.05) is 5.32 Å². The molecule has 1 aliphatic rings. The van der Waals surface area contributed by atoms with E-state index in [1.807, 2.05) is 6.92 Å². The molecule has 0 atom stereocenters. The fourth-order valence-corrected chi connectivity index (χ4v) is 1.95. The predicted molar refractivity (Wildman–Crippen MR) is 72.4 cm³/mol. The summed E-state index contributed by atoms with van der Waals surface area (Å²) in [6.07, 6.45) is 3.07. The van der Waals surface area contributed by atoms with Gasteiger partial charge in [-0.05, 0) is 50.3 Å². The third-order valence-electron chi connectivity index (χ3n) is 3.50. The summed E-state index contributed by atoms with van der Waals surface area (Å²) < 4.78 is 0. The van der Waals surface area contributed by atoms with Crippen LogP contribution in [0.2, 0.25) is 0 Å². The molecule has 19 heavy (non-hydrogen) atoms. The lowest BCUT2D eigenvalue weighted by atomic mass is 9.93. The van der Waals surface area contributed by atoms with Crippen molar-refractivity contribution in [2.45, 2.75) is 39.2 Å². The minimum absolute atomic E-state index is 0.0770. The normalized spacial score (nSPS) is 14.6. The molecule has 2 rings (SSSR count). The van der Waals surface area contributed by atoms with Gasteiger partial charge in [-0.25, -0.2) is 4.79 Å². The summed E-state index contributed by atoms with van der Waals surface area (Å²) in [6, 6.07) is 2.93. The van der Waals surface area contributed by atoms with Crippen molar-refractivity contribution < 1.29 is 9.72 Å². The number of hydrogen-bond donors (Lipinski definition) is 2. The molecule has 0 radical (unpaired) electrons. The molecule has 6 heteroatoms. The molecule has 102 valence electrons. The van der Waals surface area contributed by atoms with Gasteiger partial charge in [0, 0.05) is 12.1 Å². The van der Waals surface area contributed by atoms with Crippen LogP contribution < -0.4 is 10.6 Å². The molecule has 0 spiro atoms. The molecular formula is C13H17N3O3. The molecule has 1 aromatic carbocycles. The predicted octanol–water partition coefficient (Wildman–Crippen LogP) is 2.89. The Morgan fingerprint density at radius 2 is 1.95 bits per heavy atom. The number of nitro benzene ring substituents is 1. The third-order valence-corrected chi connectivity index (χ3v) is 3.50. The number of hydrogen-bond acceptors (Lipinski definition) is 3. The van der Waals surface area contributed by atoms with Crippen LogP contribution in [0.25, 0.3) is 0 Å². The van der Waals surface area contributed by atoms with E-state index < -0.39 is 4.92 Å². The molecule has 2 amide bonds. The molecule has 1 fully saturated rings. The quantitative estimate of drug-likeness (QED) is 0.649. The van der Waals surface area contributed by atoms with E-state index in [9.17, 15) is 14.9 Å². The van der Waals surface area contributed by atoms with Crippen molar-refractivity contribution in [3.8, 4) is 0 Å². The number of aryl methyl sites for hydroxylation is 2. The number of rotatable bonds is 3. The number of anilines is 1. The van der Waals surface area contributed by atoms with E-state index in [4.69, 9.17) is 0 Å². The minimum atomic E-state index is -0.481. The van der Waals surface area contributed by atoms with Gasteiger partial charge in [0.2, 0.25) is 0 Å². The van der Waals surface area contributed by atoms with Gasteiger partial charge in [-0.3, -0.25) is 10.1 Å². The van der Waals surface area contributed by atoms with Crippen LogP contribution in [0, 0.1) is 24.0 Å². The number of nitro groups is 1. The first-order chi connectivity index (χ1) is 8.97. The monoisotopic (exact) mass is 263 g/mol. The Morgan fingerprint density at radius 1 is 1.32 bits per heavy atom. The summed E-state index contributed by atoms with van der Waals surface area (Å²) >= 11 is 0. The summed E-state index contributed by atoms with van der Waals surface area (Å²) in [5.74, 6) is 0. The second-order valence-electron chi connectivity index (χ2n) is 4.94. The molecular weight excluding hydrogens is 246 g/mol. The number of benzene rings is 1. The summed E-state index contributed by atoms with van der Waals surface area (Å²) in [5, 5.41) is 16.3. The van der Waals surface area contributed by atoms with Crippen molar-refractivity contribution in [1.82, 2.24) is 5.32 Å². The second kappa shape index (κ2) is 5.26. The summed E-state index contributed by atoms with van der Waals surface area (Å²) in [4.78, 5) is 22.3. The van der Waals surface area contributed by atoms with Gasteiger partial charge in [0.05, 0.1) is 4.92 Å². The van der Waals surface area contributed by atoms with Gasteiger partial charge in [-0.1, -0.05) is 0 Å². The van der Waals surface area contributed by atoms with Crippen molar-refractivity contribution >= 4 is 17.4 Å². The lowest BCUT2D eigenvalue weighted by molar-refractivity contribution is -0.384. The van der Waals surface area contributed by atoms with Gasteiger partial charge >= 0.3 is 6.03 Å². The Kier molecular flexibility index (Phi) is 3.69. The standard InChI is InChI=1S/C13H17N3O3/c1-8-6-11(12(16(18)19)7-9(8)2)15-13(17)14-10-4-3-5-10/h6-7,10H,3-5H2,1-2H3,(H2,14,15,17). The number of carbonyl (C=O) groups excluding carboxylic acids is 1. The maximum Gasteiger partial charge on any atom is 0.319 e. The van der Waals surface area contributed by atoms with Crippen molar-refractivity contribution in [3.05, 3.63) is 33.4 Å². The number of urea groups is 1. The van der Waals surface area contributed by atoms with Gasteiger partial charge < -0.3 is 10.6 Å². The van der Waals surface area contributed by atoms with Gasteiger partial charge in [-0.15, -0.1) is 0 Å². The second-order valence-corrected chi connectivity index (χ2v) is 4.94. The summed E-state index contributed by atoms with van der Waals surface area (Å²) in [7, 11) is 0. The molecule has 0 heterocycles. The fourth-order valence-electron chi connectivity index (χ4n) is 1.95. The summed E-state index contributed by atoms with van der Waals surface area (Å²) in [5.41, 5.74) is 1.90. The highest BCUT2D eigenvalue weighted by molar-refractivity contribution is 5.92. The SMILES string of the molecule is Cc1cc(NC(=O)NC2CCC2)c([N+](=O)[O-])cc1C. The number of nitrogens with zero attached hydrogens (tertiary/aromatic N) is 1. The zero-order chi connectivity index (χ0) is 14.0. The first-order valence-electron chi connectivity index (χ1n) is 6.30. The first kappa shape index (κ1) is 13.3. The van der Waals surface area contributed by atoms with Crippen LogP contribution in [0.1, 0.15) is 30.4 Å². The highest BCUT2D eigenvalue weighted by atomic mass is 16.6. The topological polar surface area (TPSA) is 84.3 Å². The Hall–Kier alpha value is -2.11. The van der Waals surface area contributed by atoms with E-state index in [0.717, 1.165) is 30.4 Å². The largest absolute Gasteiger partial charge is 0.335 e. The number of nitrogens with one attached hydrogen (secondary N) is 2. The van der Waals surface area contributed by atoms with Crippen LogP contribution >= 0.6 is 0 Å². The average Bonchev–Trinajstić information content (AvgIpc) is 2.28. The van der Waals surface area contributed by atoms with E-state index in [1.54, 1.807) is 13.0 Å². The molecule has 2 N–H and O–H groups in total. The zero-order valence-corrected chi connectivity index (χ0v) is 11.0. The molecule has 1 saturated carbocycles. The van der Waals surface area contributed by atoms with Gasteiger partial charge in [-0.2, -0.15) is 0 Å². The van der Waals surface area contributed by atoms with Gasteiger partial charge in [0.1, 0.15) is 5.69 Å². The minimum Gasteiger partial charge on any atom is -0.335 e. The Bertz CT molecular complexity index is 524. The Balaban J connectivity index is 2.15. The van der Waals surface area contributed by atoms with Gasteiger partial charge in [0.25, 0.3) is 5.69 Å². The summed E-state index contributed by atoms with van der Waals surface area (Å²) in [6.45, 7) is 3.66. The third kappa shape index (κ3) is 3.01. The maximum atomic E-state index is 11.7. The zero-order valence-electron chi connectivity index (χ0n) is 11.0. The van der Waals surface area contributed by atoms with E-state index in [1.165, 1.54) is 6.07 Å². The van der Waals surface area contributed by atoms with E-state index in [0.29, 0.717) is 0 Å². The lowest BCUT2D eigenvalue weighted by Crippen LogP contribution is -2.41. The Morgan fingerprint density at radius 3 is 2.47 bits per heavy atom. The van der Waals surface area contributed by atoms with Crippen LogP contribution in [0.3, 0.4) is 0 Å². The first-order valence-corrected chi connectivity index (χ1v) is 6.30. The molecule has 0 unspecified atom stereocenters. The van der Waals surface area contributed by atoms with Gasteiger partial charge in [0.15, 0.2) is 0 Å². The smallest absolute Gasteiger partial charge is 0.319 e. The molecule has 0 saturated heterocycles. The van der Waals surface area contributed by atoms with E-state index in [2.05, 4.69) is 10.6 Å². The molecule has 0 bridgehead atoms. The van der Waals surface area contributed by atoms with Crippen LogP contribution in [0.15, 0.2) is 12.1 Å². The van der Waals surface area contributed by atoms with Crippen molar-refractivity contribution in [1.29, 1.82) is 0 Å². The molecule has 0 aromatic heterocycles. The molecule has 0 aliphatic heterocycles. The highest BCUT2D eigenvalue weighted by Crippen LogP contribution is 2.28. The van der Waals surface area contributed by atoms with Crippen LogP contribution in [0.4, 0.5) is 16.2 Å². The van der Waals surface area contributed by atoms with Crippen molar-refractivity contribution in [3.63, 3.8) is 0 Å². The maximum absolute atomic E-state index is 11.7. The lowest BCUT2D eigenvalue weighted by Gasteiger charge is -2.26. The van der Waals surface area contributed by atoms with Crippen LogP contribution in [-0.4, -0.2) is 17.0 Å². The van der Waals surface area contributed by atoms with E-state index in [-0.39, 0.29) is 23.4 Å². The van der Waals surface area contributed by atoms with Crippen LogP contribution in [-0.2, 0) is 0 Å². The number of carbonyl (C=O) groups is 1. The number of amides is 2. The molecule has 1 aliphatic carbocycles. The average molecular weight is 263 g/mol. The molecule has 6 nitrogen and oxygen atoms in total. The molecule has 1 aromatic rings. The van der Waals surface area contributed by atoms with E-state index >= 15 is 0 Å². The van der Waals surface area contributed by atoms with Crippen LogP contribution in [0.5, 0.6) is 0 Å². The Labute approximate surface area is 111 Å². The fraction of sp³-hybridized carbons (Fsp3) is 0.462. The highest BCUT2D eigenvalue weighted by Gasteiger charge is 2.22.